The minimum Gasteiger partial charge on any atom is -0.744 e. The standard InChI is InChI=1S/C14H12O7S.Na/c15-13(9-5-1-3-7-11(9)21-14(16)17)10-6-2-4-8-12(10)22(18,19)20;/h1-8,14,16-17H,(H,18,19,20);/q;+1/p-1. The molecule has 0 saturated carbocycles. The molecule has 7 nitrogen and oxygen atoms in total. The molecule has 0 radical (unpaired) electrons. The van der Waals surface area contributed by atoms with Crippen molar-refractivity contribution in [2.45, 2.75) is 11.4 Å². The van der Waals surface area contributed by atoms with Crippen LogP contribution in [0.15, 0.2) is 53.4 Å². The minimum atomic E-state index is -4.83. The van der Waals surface area contributed by atoms with Gasteiger partial charge in [0, 0.05) is 5.56 Å². The van der Waals surface area contributed by atoms with Crippen molar-refractivity contribution in [1.29, 1.82) is 0 Å². The molecule has 0 saturated heterocycles. The van der Waals surface area contributed by atoms with Crippen molar-refractivity contribution in [3.8, 4) is 5.75 Å². The normalized spacial score (nSPS) is 11.0. The van der Waals surface area contributed by atoms with Crippen LogP contribution in [0.3, 0.4) is 0 Å². The van der Waals surface area contributed by atoms with Crippen LogP contribution in [0.25, 0.3) is 0 Å². The zero-order valence-electron chi connectivity index (χ0n) is 12.0. The average molecular weight is 346 g/mol. The first-order valence-electron chi connectivity index (χ1n) is 6.02. The van der Waals surface area contributed by atoms with E-state index in [-0.39, 0.29) is 46.4 Å². The molecule has 2 N–H and O–H groups in total. The van der Waals surface area contributed by atoms with E-state index in [1.54, 1.807) is 0 Å². The smallest absolute Gasteiger partial charge is 0.744 e. The number of hydrogen-bond acceptors (Lipinski definition) is 7. The van der Waals surface area contributed by atoms with Crippen LogP contribution < -0.4 is 34.3 Å². The van der Waals surface area contributed by atoms with Gasteiger partial charge >= 0.3 is 36.0 Å². The van der Waals surface area contributed by atoms with E-state index >= 15 is 0 Å². The Kier molecular flexibility index (Phi) is 6.90. The Morgan fingerprint density at radius 3 is 2.09 bits per heavy atom. The molecule has 0 amide bonds. The molecular formula is C14H11NaO7S. The van der Waals surface area contributed by atoms with Gasteiger partial charge in [-0.2, -0.15) is 0 Å². The largest absolute Gasteiger partial charge is 1.00 e. The van der Waals surface area contributed by atoms with Gasteiger partial charge in [-0.3, -0.25) is 4.79 Å². The van der Waals surface area contributed by atoms with Gasteiger partial charge in [0.2, 0.25) is 0 Å². The van der Waals surface area contributed by atoms with E-state index in [0.29, 0.717) is 0 Å². The third-order valence-corrected chi connectivity index (χ3v) is 3.66. The maximum Gasteiger partial charge on any atom is 1.00 e. The fourth-order valence-electron chi connectivity index (χ4n) is 1.89. The molecule has 2 rings (SSSR count). The molecule has 0 fully saturated rings. The first-order valence-corrected chi connectivity index (χ1v) is 7.43. The first kappa shape index (κ1) is 19.8. The van der Waals surface area contributed by atoms with Crippen molar-refractivity contribution in [1.82, 2.24) is 0 Å². The minimum absolute atomic E-state index is 0. The van der Waals surface area contributed by atoms with E-state index in [2.05, 4.69) is 4.74 Å². The number of benzene rings is 2. The zero-order valence-corrected chi connectivity index (χ0v) is 14.9. The van der Waals surface area contributed by atoms with Crippen molar-refractivity contribution in [2.75, 3.05) is 0 Å². The zero-order chi connectivity index (χ0) is 16.3. The van der Waals surface area contributed by atoms with E-state index in [1.807, 2.05) is 0 Å². The number of para-hydroxylation sites is 1. The van der Waals surface area contributed by atoms with Crippen molar-refractivity contribution >= 4 is 15.9 Å². The van der Waals surface area contributed by atoms with E-state index < -0.39 is 27.3 Å². The van der Waals surface area contributed by atoms with Crippen LogP contribution in [-0.4, -0.2) is 35.4 Å². The predicted octanol–water partition coefficient (Wildman–Crippen LogP) is -2.53. The Balaban J connectivity index is 0.00000264. The summed E-state index contributed by atoms with van der Waals surface area (Å²) < 4.78 is 38.4. The molecule has 0 aliphatic carbocycles. The van der Waals surface area contributed by atoms with E-state index in [9.17, 15) is 17.8 Å². The molecule has 9 heteroatoms. The van der Waals surface area contributed by atoms with Crippen LogP contribution in [0, 0.1) is 0 Å². The molecular weight excluding hydrogens is 335 g/mol. The summed E-state index contributed by atoms with van der Waals surface area (Å²) in [6.45, 7) is -2.15. The van der Waals surface area contributed by atoms with Crippen molar-refractivity contribution in [2.24, 2.45) is 0 Å². The van der Waals surface area contributed by atoms with Gasteiger partial charge in [0.1, 0.15) is 15.9 Å². The van der Waals surface area contributed by atoms with Gasteiger partial charge < -0.3 is 19.5 Å². The number of carbonyl (C=O) groups excluding carboxylic acids is 1. The second kappa shape index (κ2) is 8.02. The molecule has 2 aromatic rings. The Hall–Kier alpha value is -1.26. The maximum atomic E-state index is 12.5. The second-order valence-electron chi connectivity index (χ2n) is 4.22. The summed E-state index contributed by atoms with van der Waals surface area (Å²) in [7, 11) is -4.83. The fraction of sp³-hybridized carbons (Fsp3) is 0.0714. The maximum absolute atomic E-state index is 12.5. The number of ketones is 1. The third-order valence-electron chi connectivity index (χ3n) is 2.77. The number of rotatable bonds is 5. The summed E-state index contributed by atoms with van der Waals surface area (Å²) >= 11 is 0. The Morgan fingerprint density at radius 2 is 1.52 bits per heavy atom. The molecule has 0 aromatic heterocycles. The van der Waals surface area contributed by atoms with Gasteiger partial charge in [0.05, 0.1) is 10.5 Å². The van der Waals surface area contributed by atoms with Crippen LogP contribution in [0.1, 0.15) is 15.9 Å². The molecule has 0 spiro atoms. The summed E-state index contributed by atoms with van der Waals surface area (Å²) in [5, 5.41) is 17.7. The Labute approximate surface area is 154 Å². The van der Waals surface area contributed by atoms with Crippen LogP contribution in [0.5, 0.6) is 5.75 Å². The monoisotopic (exact) mass is 346 g/mol. The second-order valence-corrected chi connectivity index (χ2v) is 5.57. The molecule has 0 atom stereocenters. The van der Waals surface area contributed by atoms with Gasteiger partial charge in [0.15, 0.2) is 5.78 Å². The van der Waals surface area contributed by atoms with Crippen LogP contribution in [-0.2, 0) is 10.1 Å². The van der Waals surface area contributed by atoms with Gasteiger partial charge in [-0.05, 0) is 24.3 Å². The van der Waals surface area contributed by atoms with Gasteiger partial charge in [-0.15, -0.1) is 0 Å². The summed E-state index contributed by atoms with van der Waals surface area (Å²) in [5.41, 5.74) is -0.423. The molecule has 0 unspecified atom stereocenters. The van der Waals surface area contributed by atoms with Crippen LogP contribution >= 0.6 is 0 Å². The van der Waals surface area contributed by atoms with E-state index in [4.69, 9.17) is 10.2 Å². The summed E-state index contributed by atoms with van der Waals surface area (Å²) in [5.74, 6) is -0.938. The van der Waals surface area contributed by atoms with Crippen molar-refractivity contribution in [3.05, 3.63) is 59.7 Å². The number of ether oxygens (including phenoxy) is 1. The summed E-state index contributed by atoms with van der Waals surface area (Å²) in [4.78, 5) is 11.8. The van der Waals surface area contributed by atoms with Crippen molar-refractivity contribution in [3.63, 3.8) is 0 Å². The SMILES string of the molecule is O=C(c1ccccc1OC(O)O)c1ccccc1S(=O)(=O)[O-].[Na+]. The van der Waals surface area contributed by atoms with Crippen molar-refractivity contribution < 1.29 is 62.3 Å². The van der Waals surface area contributed by atoms with Crippen LogP contribution in [0.2, 0.25) is 0 Å². The average Bonchev–Trinajstić information content (AvgIpc) is 2.45. The first-order chi connectivity index (χ1) is 10.3. The number of hydrogen-bond donors (Lipinski definition) is 2. The van der Waals surface area contributed by atoms with Gasteiger partial charge in [-0.1, -0.05) is 24.3 Å². The Morgan fingerprint density at radius 1 is 1.00 bits per heavy atom. The molecule has 0 aliphatic rings. The van der Waals surface area contributed by atoms with E-state index in [1.165, 1.54) is 42.5 Å². The molecule has 2 aromatic carbocycles. The predicted molar refractivity (Wildman–Crippen MR) is 73.1 cm³/mol. The molecule has 116 valence electrons. The van der Waals surface area contributed by atoms with Crippen LogP contribution in [0.4, 0.5) is 0 Å². The molecule has 0 bridgehead atoms. The third kappa shape index (κ3) is 4.85. The van der Waals surface area contributed by atoms with E-state index in [0.717, 1.165) is 6.07 Å². The Bertz CT molecular complexity index is 802. The van der Waals surface area contributed by atoms with Gasteiger partial charge in [0.25, 0.3) is 0 Å². The van der Waals surface area contributed by atoms with Gasteiger partial charge in [-0.25, -0.2) is 8.42 Å². The quantitative estimate of drug-likeness (QED) is 0.265. The topological polar surface area (TPSA) is 124 Å². The summed E-state index contributed by atoms with van der Waals surface area (Å²) in [6, 6.07) is 10.5. The molecule has 0 aliphatic heterocycles. The number of aliphatic hydroxyl groups is 2. The number of carbonyl (C=O) groups is 1. The number of aliphatic hydroxyl groups excluding tert-OH is 1. The molecule has 0 heterocycles. The summed E-state index contributed by atoms with van der Waals surface area (Å²) in [6.07, 6.45) is 0. The fourth-order valence-corrected chi connectivity index (χ4v) is 2.56. The molecule has 23 heavy (non-hydrogen) atoms.